The first-order chi connectivity index (χ1) is 24.2. The lowest BCUT2D eigenvalue weighted by atomic mass is 9.95. The van der Waals surface area contributed by atoms with E-state index in [1.807, 2.05) is 63.2 Å². The van der Waals surface area contributed by atoms with Crippen molar-refractivity contribution in [3.05, 3.63) is 82.4 Å². The van der Waals surface area contributed by atoms with E-state index in [1.165, 1.54) is 24.3 Å². The molecule has 14 nitrogen and oxygen atoms in total. The van der Waals surface area contributed by atoms with Gasteiger partial charge in [-0.25, -0.2) is 5.48 Å². The third-order valence-corrected chi connectivity index (χ3v) is 8.14. The Morgan fingerprint density at radius 1 is 0.902 bits per heavy atom. The summed E-state index contributed by atoms with van der Waals surface area (Å²) >= 11 is 10.7. The number of hydrogen-bond acceptors (Lipinski definition) is 9. The number of nitrogens with one attached hydrogen (secondary N) is 4. The second-order valence-electron chi connectivity index (χ2n) is 12.2. The first kappa shape index (κ1) is 42.8. The Balaban J connectivity index is 0.000000389. The standard InChI is InChI=1S/C24H33N3O4.C11H12Cl2N2O5/c1-4-5-8-19(15-22(28)27-31)23(29)26-21(13-16(2)3)24(30)25-20-12-11-17-9-6-7-10-18(17)14-20;12-10(13)11(18)14-8(5-16)9(17)6-1-3-7(4-2-6)15(19)20/h6-7,9-12,14,16,19,21,31H,4-5,8,13,15H2,1-3H3,(H,25,30)(H,26,29)(H,27,28);1-4,8-10,16-17H,5H2,(H,14,18)/t19-,21+;8-,9-/m11/s1. The van der Waals surface area contributed by atoms with E-state index in [9.17, 15) is 34.4 Å². The Morgan fingerprint density at radius 2 is 1.55 bits per heavy atom. The summed E-state index contributed by atoms with van der Waals surface area (Å²) < 4.78 is 0. The molecule has 0 saturated heterocycles. The summed E-state index contributed by atoms with van der Waals surface area (Å²) in [5, 5.41) is 48.6. The van der Waals surface area contributed by atoms with Gasteiger partial charge in [0.25, 0.3) is 11.6 Å². The lowest BCUT2D eigenvalue weighted by Crippen LogP contribution is -2.47. The lowest BCUT2D eigenvalue weighted by molar-refractivity contribution is -0.384. The molecule has 3 rings (SSSR count). The van der Waals surface area contributed by atoms with Crippen LogP contribution in [0.4, 0.5) is 11.4 Å². The number of carbonyl (C=O) groups excluding carboxylic acids is 4. The third-order valence-electron chi connectivity index (χ3n) is 7.74. The van der Waals surface area contributed by atoms with Crippen molar-refractivity contribution in [3.8, 4) is 0 Å². The van der Waals surface area contributed by atoms with Gasteiger partial charge < -0.3 is 26.2 Å². The minimum absolute atomic E-state index is 0.122. The molecule has 0 unspecified atom stereocenters. The van der Waals surface area contributed by atoms with Crippen LogP contribution in [-0.4, -0.2) is 67.5 Å². The summed E-state index contributed by atoms with van der Waals surface area (Å²) in [6.45, 7) is 5.41. The predicted octanol–water partition coefficient (Wildman–Crippen LogP) is 4.92. The minimum atomic E-state index is -1.33. The van der Waals surface area contributed by atoms with Gasteiger partial charge in [0.1, 0.15) is 12.1 Å². The van der Waals surface area contributed by atoms with Crippen LogP contribution in [0.25, 0.3) is 10.8 Å². The molecule has 3 aromatic carbocycles. The first-order valence-corrected chi connectivity index (χ1v) is 17.2. The average molecular weight is 751 g/mol. The monoisotopic (exact) mass is 749 g/mol. The summed E-state index contributed by atoms with van der Waals surface area (Å²) in [5.74, 6) is -2.43. The molecule has 16 heteroatoms. The summed E-state index contributed by atoms with van der Waals surface area (Å²) in [6, 6.07) is 16.9. The van der Waals surface area contributed by atoms with Crippen molar-refractivity contribution in [1.82, 2.24) is 16.1 Å². The lowest BCUT2D eigenvalue weighted by Gasteiger charge is -2.23. The molecular weight excluding hydrogens is 705 g/mol. The summed E-state index contributed by atoms with van der Waals surface area (Å²) in [5.41, 5.74) is 2.41. The molecule has 4 amide bonds. The number of nitrogens with zero attached hydrogens (tertiary/aromatic N) is 1. The molecule has 0 aliphatic carbocycles. The molecule has 0 bridgehead atoms. The van der Waals surface area contributed by atoms with Crippen LogP contribution in [-0.2, 0) is 19.2 Å². The molecule has 4 atom stereocenters. The molecular formula is C35H45Cl2N5O9. The van der Waals surface area contributed by atoms with Crippen molar-refractivity contribution in [3.63, 3.8) is 0 Å². The molecule has 0 saturated carbocycles. The molecule has 0 aromatic heterocycles. The van der Waals surface area contributed by atoms with Crippen LogP contribution >= 0.6 is 23.2 Å². The van der Waals surface area contributed by atoms with Gasteiger partial charge >= 0.3 is 0 Å². The normalized spacial score (nSPS) is 13.3. The summed E-state index contributed by atoms with van der Waals surface area (Å²) in [7, 11) is 0. The molecule has 0 aliphatic heterocycles. The van der Waals surface area contributed by atoms with Crippen molar-refractivity contribution in [1.29, 1.82) is 0 Å². The van der Waals surface area contributed by atoms with Gasteiger partial charge in [-0.05, 0) is 59.4 Å². The van der Waals surface area contributed by atoms with E-state index in [0.717, 1.165) is 23.6 Å². The Kier molecular flexibility index (Phi) is 18.3. The van der Waals surface area contributed by atoms with Crippen LogP contribution in [0.5, 0.6) is 0 Å². The molecule has 7 N–H and O–H groups in total. The van der Waals surface area contributed by atoms with Gasteiger partial charge in [-0.3, -0.25) is 34.5 Å². The first-order valence-electron chi connectivity index (χ1n) is 16.3. The van der Waals surface area contributed by atoms with E-state index < -0.39 is 52.3 Å². The average Bonchev–Trinajstić information content (AvgIpc) is 3.11. The topological polar surface area (TPSA) is 220 Å². The Bertz CT molecular complexity index is 1610. The maximum Gasteiger partial charge on any atom is 0.269 e. The SMILES string of the molecule is CCCC[C@H](CC(=O)NO)C(=O)N[C@@H](CC(C)C)C(=O)Nc1ccc2ccccc2c1.O=C(N[C@H](CO)[C@H](O)c1ccc([N+](=O)[O-])cc1)C(Cl)Cl. The van der Waals surface area contributed by atoms with Crippen LogP contribution in [0.2, 0.25) is 0 Å². The maximum atomic E-state index is 13.0. The number of unbranched alkanes of at least 4 members (excludes halogenated alkanes) is 1. The number of benzene rings is 3. The molecule has 0 fully saturated rings. The van der Waals surface area contributed by atoms with E-state index in [4.69, 9.17) is 33.5 Å². The molecule has 51 heavy (non-hydrogen) atoms. The van der Waals surface area contributed by atoms with Crippen LogP contribution in [0.15, 0.2) is 66.7 Å². The molecule has 0 radical (unpaired) electrons. The number of rotatable bonds is 17. The molecule has 278 valence electrons. The Hall–Kier alpha value is -4.34. The van der Waals surface area contributed by atoms with Gasteiger partial charge in [0, 0.05) is 30.2 Å². The van der Waals surface area contributed by atoms with E-state index in [0.29, 0.717) is 24.1 Å². The second kappa shape index (κ2) is 21.8. The maximum absolute atomic E-state index is 13.0. The van der Waals surface area contributed by atoms with Gasteiger partial charge in [-0.15, -0.1) is 0 Å². The highest BCUT2D eigenvalue weighted by atomic mass is 35.5. The van der Waals surface area contributed by atoms with E-state index >= 15 is 0 Å². The number of nitro benzene ring substituents is 1. The zero-order chi connectivity index (χ0) is 38.1. The smallest absolute Gasteiger partial charge is 0.269 e. The molecule has 0 aliphatic rings. The number of aliphatic hydroxyl groups excluding tert-OH is 2. The number of amides is 4. The summed E-state index contributed by atoms with van der Waals surface area (Å²) in [6.07, 6.45) is 1.26. The number of carbonyl (C=O) groups is 4. The van der Waals surface area contributed by atoms with Gasteiger partial charge in [-0.2, -0.15) is 0 Å². The number of halogens is 2. The number of hydrogen-bond donors (Lipinski definition) is 7. The Morgan fingerprint density at radius 3 is 2.10 bits per heavy atom. The minimum Gasteiger partial charge on any atom is -0.394 e. The number of non-ortho nitro benzene ring substituents is 1. The number of anilines is 1. The fourth-order valence-electron chi connectivity index (χ4n) is 5.03. The fourth-order valence-corrected chi connectivity index (χ4v) is 5.16. The van der Waals surface area contributed by atoms with Crippen molar-refractivity contribution in [2.24, 2.45) is 11.8 Å². The second-order valence-corrected chi connectivity index (χ2v) is 13.3. The van der Waals surface area contributed by atoms with E-state index in [1.54, 1.807) is 5.48 Å². The third kappa shape index (κ3) is 14.4. The summed E-state index contributed by atoms with van der Waals surface area (Å²) in [4.78, 5) is 57.4. The van der Waals surface area contributed by atoms with E-state index in [2.05, 4.69) is 16.0 Å². The highest BCUT2D eigenvalue weighted by Gasteiger charge is 2.28. The highest BCUT2D eigenvalue weighted by Crippen LogP contribution is 2.22. The number of fused-ring (bicyclic) bond motifs is 1. The van der Waals surface area contributed by atoms with Crippen LogP contribution in [0, 0.1) is 22.0 Å². The molecule has 3 aromatic rings. The zero-order valence-corrected chi connectivity index (χ0v) is 30.1. The highest BCUT2D eigenvalue weighted by molar-refractivity contribution is 6.53. The van der Waals surface area contributed by atoms with Crippen LogP contribution in [0.1, 0.15) is 64.5 Å². The number of aliphatic hydroxyl groups is 2. The molecule has 0 heterocycles. The van der Waals surface area contributed by atoms with Crippen LogP contribution in [0.3, 0.4) is 0 Å². The van der Waals surface area contributed by atoms with Crippen molar-refractivity contribution < 1.29 is 39.5 Å². The van der Waals surface area contributed by atoms with Crippen molar-refractivity contribution >= 4 is 69.0 Å². The van der Waals surface area contributed by atoms with Crippen molar-refractivity contribution in [2.45, 2.75) is 75.9 Å². The largest absolute Gasteiger partial charge is 0.394 e. The van der Waals surface area contributed by atoms with Gasteiger partial charge in [0.05, 0.1) is 17.6 Å². The fraction of sp³-hybridized carbons (Fsp3) is 0.429. The van der Waals surface area contributed by atoms with E-state index in [-0.39, 0.29) is 29.8 Å². The predicted molar refractivity (Wildman–Crippen MR) is 194 cm³/mol. The van der Waals surface area contributed by atoms with Gasteiger partial charge in [0.15, 0.2) is 4.84 Å². The van der Waals surface area contributed by atoms with Gasteiger partial charge in [0.2, 0.25) is 17.7 Å². The number of alkyl halides is 2. The number of nitro groups is 1. The quantitative estimate of drug-likeness (QED) is 0.0430. The van der Waals surface area contributed by atoms with Crippen LogP contribution < -0.4 is 21.4 Å². The van der Waals surface area contributed by atoms with Crippen molar-refractivity contribution in [2.75, 3.05) is 11.9 Å². The molecule has 0 spiro atoms. The van der Waals surface area contributed by atoms with Gasteiger partial charge in [-0.1, -0.05) is 87.1 Å². The Labute approximate surface area is 306 Å². The zero-order valence-electron chi connectivity index (χ0n) is 28.6. The number of hydroxylamine groups is 1.